The molecule has 1 fully saturated rings. The summed E-state index contributed by atoms with van der Waals surface area (Å²) in [5.41, 5.74) is 5.37. The third-order valence-corrected chi connectivity index (χ3v) is 5.48. The van der Waals surface area contributed by atoms with Gasteiger partial charge in [0.05, 0.1) is 0 Å². The van der Waals surface area contributed by atoms with Crippen molar-refractivity contribution in [1.82, 2.24) is 9.03 Å². The number of hydrogen-bond donors (Lipinski definition) is 2. The lowest BCUT2D eigenvalue weighted by Crippen LogP contribution is -2.58. The Bertz CT molecular complexity index is 320. The van der Waals surface area contributed by atoms with Crippen LogP contribution < -0.4 is 10.5 Å². The van der Waals surface area contributed by atoms with Gasteiger partial charge in [0.25, 0.3) is 10.2 Å². The Balaban J connectivity index is 2.79. The van der Waals surface area contributed by atoms with Crippen LogP contribution in [0.4, 0.5) is 0 Å². The predicted octanol–water partition coefficient (Wildman–Crippen LogP) is 0.824. The van der Waals surface area contributed by atoms with Crippen LogP contribution in [0.15, 0.2) is 0 Å². The zero-order chi connectivity index (χ0) is 12.9. The van der Waals surface area contributed by atoms with Crippen molar-refractivity contribution in [3.05, 3.63) is 0 Å². The molecule has 0 heterocycles. The molecule has 1 aliphatic rings. The maximum atomic E-state index is 12.2. The second-order valence-corrected chi connectivity index (χ2v) is 6.41. The molecule has 5 nitrogen and oxygen atoms in total. The maximum absolute atomic E-state index is 12.2. The van der Waals surface area contributed by atoms with Gasteiger partial charge in [0.1, 0.15) is 0 Å². The lowest BCUT2D eigenvalue weighted by Gasteiger charge is -2.38. The van der Waals surface area contributed by atoms with E-state index < -0.39 is 15.7 Å². The Morgan fingerprint density at radius 2 is 1.71 bits per heavy atom. The summed E-state index contributed by atoms with van der Waals surface area (Å²) >= 11 is 0. The molecule has 0 spiro atoms. The van der Waals surface area contributed by atoms with Crippen molar-refractivity contribution in [2.75, 3.05) is 19.6 Å². The van der Waals surface area contributed by atoms with Crippen molar-refractivity contribution in [3.8, 4) is 0 Å². The van der Waals surface area contributed by atoms with Gasteiger partial charge in [0, 0.05) is 25.2 Å². The highest BCUT2D eigenvalue weighted by atomic mass is 32.2. The fraction of sp³-hybridized carbons (Fsp3) is 1.00. The van der Waals surface area contributed by atoms with Gasteiger partial charge in [-0.3, -0.25) is 0 Å². The molecule has 0 bridgehead atoms. The van der Waals surface area contributed by atoms with Crippen LogP contribution in [-0.2, 0) is 10.2 Å². The number of rotatable bonds is 6. The van der Waals surface area contributed by atoms with E-state index in [1.165, 1.54) is 10.7 Å². The first-order valence-corrected chi connectivity index (χ1v) is 7.93. The molecule has 0 aromatic carbocycles. The SMILES string of the molecule is CCN(CC)S(=O)(=O)NC1(CN)CCCCC1. The number of nitrogens with one attached hydrogen (secondary N) is 1. The van der Waals surface area contributed by atoms with E-state index >= 15 is 0 Å². The lowest BCUT2D eigenvalue weighted by molar-refractivity contribution is 0.268. The van der Waals surface area contributed by atoms with Gasteiger partial charge in [0.15, 0.2) is 0 Å². The minimum atomic E-state index is -3.39. The molecule has 0 saturated heterocycles. The zero-order valence-corrected chi connectivity index (χ0v) is 11.7. The Hall–Kier alpha value is -0.170. The molecular formula is C11H25N3O2S. The van der Waals surface area contributed by atoms with Crippen molar-refractivity contribution in [1.29, 1.82) is 0 Å². The molecule has 6 heteroatoms. The molecule has 0 aliphatic heterocycles. The summed E-state index contributed by atoms with van der Waals surface area (Å²) in [6.07, 6.45) is 4.98. The maximum Gasteiger partial charge on any atom is 0.279 e. The van der Waals surface area contributed by atoms with Crippen LogP contribution in [0, 0.1) is 0 Å². The minimum Gasteiger partial charge on any atom is -0.329 e. The van der Waals surface area contributed by atoms with E-state index in [1.807, 2.05) is 13.8 Å². The van der Waals surface area contributed by atoms with E-state index in [4.69, 9.17) is 5.73 Å². The largest absolute Gasteiger partial charge is 0.329 e. The molecule has 0 atom stereocenters. The highest BCUT2D eigenvalue weighted by molar-refractivity contribution is 7.87. The average molecular weight is 263 g/mol. The summed E-state index contributed by atoms with van der Waals surface area (Å²) in [4.78, 5) is 0. The molecule has 0 radical (unpaired) electrons. The molecule has 102 valence electrons. The topological polar surface area (TPSA) is 75.4 Å². The molecule has 1 aliphatic carbocycles. The lowest BCUT2D eigenvalue weighted by atomic mass is 9.83. The molecule has 0 amide bonds. The first kappa shape index (κ1) is 14.9. The van der Waals surface area contributed by atoms with Crippen LogP contribution in [0.5, 0.6) is 0 Å². The van der Waals surface area contributed by atoms with Crippen LogP contribution in [0.2, 0.25) is 0 Å². The molecule has 17 heavy (non-hydrogen) atoms. The normalized spacial score (nSPS) is 20.7. The Labute approximate surface area is 105 Å². The Morgan fingerprint density at radius 1 is 1.18 bits per heavy atom. The average Bonchev–Trinajstić information content (AvgIpc) is 2.30. The molecule has 1 rings (SSSR count). The summed E-state index contributed by atoms with van der Waals surface area (Å²) in [6.45, 7) is 5.06. The predicted molar refractivity (Wildman–Crippen MR) is 69.8 cm³/mol. The third kappa shape index (κ3) is 3.64. The second-order valence-electron chi connectivity index (χ2n) is 4.74. The fourth-order valence-electron chi connectivity index (χ4n) is 2.48. The third-order valence-electron chi connectivity index (χ3n) is 3.59. The van der Waals surface area contributed by atoms with E-state index in [0.29, 0.717) is 19.6 Å². The molecular weight excluding hydrogens is 238 g/mol. The Morgan fingerprint density at radius 3 is 2.12 bits per heavy atom. The van der Waals surface area contributed by atoms with Crippen LogP contribution in [0.1, 0.15) is 46.0 Å². The summed E-state index contributed by atoms with van der Waals surface area (Å²) in [5.74, 6) is 0. The van der Waals surface area contributed by atoms with Crippen molar-refractivity contribution in [3.63, 3.8) is 0 Å². The second kappa shape index (κ2) is 6.13. The monoisotopic (exact) mass is 263 g/mol. The Kier molecular flexibility index (Phi) is 5.37. The van der Waals surface area contributed by atoms with Gasteiger partial charge in [-0.05, 0) is 12.8 Å². The summed E-state index contributed by atoms with van der Waals surface area (Å²) < 4.78 is 28.6. The van der Waals surface area contributed by atoms with Crippen LogP contribution in [0.25, 0.3) is 0 Å². The number of nitrogens with two attached hydrogens (primary N) is 1. The molecule has 1 saturated carbocycles. The van der Waals surface area contributed by atoms with Crippen molar-refractivity contribution in [2.24, 2.45) is 5.73 Å². The van der Waals surface area contributed by atoms with Gasteiger partial charge in [-0.15, -0.1) is 0 Å². The number of hydrogen-bond acceptors (Lipinski definition) is 3. The molecule has 3 N–H and O–H groups in total. The quantitative estimate of drug-likeness (QED) is 0.745. The molecule has 0 unspecified atom stereocenters. The van der Waals surface area contributed by atoms with E-state index in [-0.39, 0.29) is 0 Å². The summed E-state index contributed by atoms with van der Waals surface area (Å²) in [7, 11) is -3.39. The van der Waals surface area contributed by atoms with Gasteiger partial charge >= 0.3 is 0 Å². The highest BCUT2D eigenvalue weighted by Crippen LogP contribution is 2.28. The van der Waals surface area contributed by atoms with Gasteiger partial charge in [-0.1, -0.05) is 33.1 Å². The van der Waals surface area contributed by atoms with Crippen molar-refractivity contribution in [2.45, 2.75) is 51.5 Å². The van der Waals surface area contributed by atoms with Crippen LogP contribution in [0.3, 0.4) is 0 Å². The number of nitrogens with zero attached hydrogens (tertiary/aromatic N) is 1. The minimum absolute atomic E-state index is 0.382. The van der Waals surface area contributed by atoms with Gasteiger partial charge in [0.2, 0.25) is 0 Å². The smallest absolute Gasteiger partial charge is 0.279 e. The van der Waals surface area contributed by atoms with Crippen LogP contribution in [-0.4, -0.2) is 37.9 Å². The van der Waals surface area contributed by atoms with Crippen LogP contribution >= 0.6 is 0 Å². The van der Waals surface area contributed by atoms with E-state index in [9.17, 15) is 8.42 Å². The van der Waals surface area contributed by atoms with E-state index in [2.05, 4.69) is 4.72 Å². The first-order chi connectivity index (χ1) is 7.99. The summed E-state index contributed by atoms with van der Waals surface area (Å²) in [6, 6.07) is 0. The highest BCUT2D eigenvalue weighted by Gasteiger charge is 2.36. The van der Waals surface area contributed by atoms with Gasteiger partial charge < -0.3 is 5.73 Å². The zero-order valence-electron chi connectivity index (χ0n) is 10.9. The van der Waals surface area contributed by atoms with E-state index in [0.717, 1.165) is 25.7 Å². The standard InChI is InChI=1S/C11H25N3O2S/c1-3-14(4-2)17(15,16)13-11(10-12)8-6-5-7-9-11/h13H,3-10,12H2,1-2H3. The van der Waals surface area contributed by atoms with Gasteiger partial charge in [-0.25, -0.2) is 0 Å². The molecule has 0 aromatic heterocycles. The van der Waals surface area contributed by atoms with Crippen molar-refractivity contribution < 1.29 is 8.42 Å². The van der Waals surface area contributed by atoms with E-state index in [1.54, 1.807) is 0 Å². The molecule has 0 aromatic rings. The summed E-state index contributed by atoms with van der Waals surface area (Å²) in [5, 5.41) is 0. The van der Waals surface area contributed by atoms with Crippen molar-refractivity contribution >= 4 is 10.2 Å². The fourth-order valence-corrected chi connectivity index (χ4v) is 4.12. The van der Waals surface area contributed by atoms with Gasteiger partial charge in [-0.2, -0.15) is 17.4 Å². The first-order valence-electron chi connectivity index (χ1n) is 6.49.